The van der Waals surface area contributed by atoms with Crippen molar-refractivity contribution in [3.8, 4) is 0 Å². The van der Waals surface area contributed by atoms with E-state index in [-0.39, 0.29) is 21.8 Å². The molecule has 0 aliphatic carbocycles. The number of hydrogen-bond donors (Lipinski definition) is 2. The van der Waals surface area contributed by atoms with E-state index in [0.717, 1.165) is 0 Å². The standard InChI is InChI=1S/C12H11NO4S/c1-7(14)10-6-11(13)12(18(15,16)17)9-5-3-2-4-8(9)10/h2-6H,13H2,1H3,(H,15,16,17). The van der Waals surface area contributed by atoms with Crippen LogP contribution in [0.5, 0.6) is 0 Å². The van der Waals surface area contributed by atoms with Gasteiger partial charge in [0.15, 0.2) is 5.78 Å². The van der Waals surface area contributed by atoms with E-state index in [9.17, 15) is 17.8 Å². The van der Waals surface area contributed by atoms with Crippen molar-refractivity contribution in [2.45, 2.75) is 11.8 Å². The van der Waals surface area contributed by atoms with Gasteiger partial charge in [0, 0.05) is 10.9 Å². The number of ketones is 1. The second-order valence-corrected chi connectivity index (χ2v) is 5.28. The first kappa shape index (κ1) is 12.5. The van der Waals surface area contributed by atoms with Gasteiger partial charge in [0.05, 0.1) is 5.69 Å². The van der Waals surface area contributed by atoms with Gasteiger partial charge < -0.3 is 5.73 Å². The molecule has 18 heavy (non-hydrogen) atoms. The number of benzene rings is 2. The molecule has 0 aliphatic rings. The van der Waals surface area contributed by atoms with Crippen LogP contribution in [-0.2, 0) is 10.1 Å². The smallest absolute Gasteiger partial charge is 0.297 e. The Labute approximate surface area is 104 Å². The van der Waals surface area contributed by atoms with Crippen LogP contribution in [0.1, 0.15) is 17.3 Å². The number of hydrogen-bond acceptors (Lipinski definition) is 4. The number of carbonyl (C=O) groups is 1. The lowest BCUT2D eigenvalue weighted by Gasteiger charge is -2.10. The molecule has 0 bridgehead atoms. The van der Waals surface area contributed by atoms with Crippen LogP contribution in [0.2, 0.25) is 0 Å². The molecule has 2 rings (SSSR count). The van der Waals surface area contributed by atoms with Gasteiger partial charge in [-0.3, -0.25) is 9.35 Å². The molecule has 0 atom stereocenters. The van der Waals surface area contributed by atoms with E-state index >= 15 is 0 Å². The maximum Gasteiger partial charge on any atom is 0.297 e. The van der Waals surface area contributed by atoms with Crippen LogP contribution in [0.3, 0.4) is 0 Å². The van der Waals surface area contributed by atoms with Crippen molar-refractivity contribution in [3.05, 3.63) is 35.9 Å². The summed E-state index contributed by atoms with van der Waals surface area (Å²) in [4.78, 5) is 11.1. The highest BCUT2D eigenvalue weighted by molar-refractivity contribution is 7.86. The zero-order valence-electron chi connectivity index (χ0n) is 9.54. The third-order valence-corrected chi connectivity index (χ3v) is 3.63. The minimum absolute atomic E-state index is 0.138. The molecule has 0 aromatic heterocycles. The van der Waals surface area contributed by atoms with Crippen molar-refractivity contribution < 1.29 is 17.8 Å². The second kappa shape index (κ2) is 4.08. The Morgan fingerprint density at radius 2 is 1.78 bits per heavy atom. The number of fused-ring (bicyclic) bond motifs is 1. The first-order valence-electron chi connectivity index (χ1n) is 5.12. The molecule has 6 heteroatoms. The average molecular weight is 265 g/mol. The van der Waals surface area contributed by atoms with Crippen LogP contribution in [-0.4, -0.2) is 18.8 Å². The van der Waals surface area contributed by atoms with E-state index in [1.165, 1.54) is 19.1 Å². The molecule has 94 valence electrons. The third kappa shape index (κ3) is 1.96. The van der Waals surface area contributed by atoms with Crippen molar-refractivity contribution in [1.82, 2.24) is 0 Å². The van der Waals surface area contributed by atoms with Crippen molar-refractivity contribution >= 4 is 32.4 Å². The Kier molecular flexibility index (Phi) is 2.84. The largest absolute Gasteiger partial charge is 0.398 e. The molecule has 0 saturated carbocycles. The monoisotopic (exact) mass is 265 g/mol. The predicted molar refractivity (Wildman–Crippen MR) is 68.2 cm³/mol. The summed E-state index contributed by atoms with van der Waals surface area (Å²) < 4.78 is 31.9. The Bertz CT molecular complexity index is 750. The van der Waals surface area contributed by atoms with E-state index < -0.39 is 10.1 Å². The van der Waals surface area contributed by atoms with Gasteiger partial charge in [0.2, 0.25) is 0 Å². The zero-order valence-corrected chi connectivity index (χ0v) is 10.4. The van der Waals surface area contributed by atoms with Crippen LogP contribution in [0.15, 0.2) is 35.2 Å². The summed E-state index contributed by atoms with van der Waals surface area (Å²) in [6.07, 6.45) is 0. The van der Waals surface area contributed by atoms with E-state index in [0.29, 0.717) is 10.9 Å². The molecule has 3 N–H and O–H groups in total. The molecule has 0 radical (unpaired) electrons. The van der Waals surface area contributed by atoms with Crippen LogP contribution in [0.25, 0.3) is 10.8 Å². The highest BCUT2D eigenvalue weighted by Crippen LogP contribution is 2.31. The molecule has 2 aromatic carbocycles. The molecule has 0 saturated heterocycles. The molecule has 0 aliphatic heterocycles. The minimum atomic E-state index is -4.44. The number of nitrogen functional groups attached to an aromatic ring is 1. The number of anilines is 1. The first-order valence-corrected chi connectivity index (χ1v) is 6.56. The molecular weight excluding hydrogens is 254 g/mol. The second-order valence-electron chi connectivity index (χ2n) is 3.92. The number of rotatable bonds is 2. The molecule has 5 nitrogen and oxygen atoms in total. The SMILES string of the molecule is CC(=O)c1cc(N)c(S(=O)(=O)O)c2ccccc12. The lowest BCUT2D eigenvalue weighted by Crippen LogP contribution is -2.07. The zero-order chi connectivity index (χ0) is 13.5. The van der Waals surface area contributed by atoms with Crippen LogP contribution in [0.4, 0.5) is 5.69 Å². The maximum atomic E-state index is 11.5. The number of nitrogens with two attached hydrogens (primary N) is 1. The Balaban J connectivity index is 3.05. The van der Waals surface area contributed by atoms with Gasteiger partial charge in [-0.05, 0) is 18.4 Å². The van der Waals surface area contributed by atoms with Gasteiger partial charge in [0.25, 0.3) is 10.1 Å². The van der Waals surface area contributed by atoms with Gasteiger partial charge in [-0.1, -0.05) is 24.3 Å². The summed E-state index contributed by atoms with van der Waals surface area (Å²) in [5.74, 6) is -0.222. The van der Waals surface area contributed by atoms with Crippen molar-refractivity contribution in [2.75, 3.05) is 5.73 Å². The fourth-order valence-corrected chi connectivity index (χ4v) is 2.76. The summed E-state index contributed by atoms with van der Waals surface area (Å²) in [5, 5.41) is 0.692. The van der Waals surface area contributed by atoms with Crippen LogP contribution in [0, 0.1) is 0 Å². The minimum Gasteiger partial charge on any atom is -0.398 e. The lowest BCUT2D eigenvalue weighted by molar-refractivity contribution is 0.101. The molecule has 0 spiro atoms. The highest BCUT2D eigenvalue weighted by Gasteiger charge is 2.21. The van der Waals surface area contributed by atoms with Gasteiger partial charge in [-0.2, -0.15) is 8.42 Å². The Morgan fingerprint density at radius 1 is 1.22 bits per heavy atom. The fraction of sp³-hybridized carbons (Fsp3) is 0.0833. The van der Waals surface area contributed by atoms with E-state index in [1.807, 2.05) is 0 Å². The lowest BCUT2D eigenvalue weighted by atomic mass is 10.0. The van der Waals surface area contributed by atoms with E-state index in [1.54, 1.807) is 18.2 Å². The van der Waals surface area contributed by atoms with Gasteiger partial charge >= 0.3 is 0 Å². The van der Waals surface area contributed by atoms with E-state index in [4.69, 9.17) is 5.73 Å². The van der Waals surface area contributed by atoms with E-state index in [2.05, 4.69) is 0 Å². The van der Waals surface area contributed by atoms with Gasteiger partial charge in [-0.25, -0.2) is 0 Å². The molecule has 0 unspecified atom stereocenters. The summed E-state index contributed by atoms with van der Waals surface area (Å²) in [5.41, 5.74) is 5.81. The highest BCUT2D eigenvalue weighted by atomic mass is 32.2. The van der Waals surface area contributed by atoms with Gasteiger partial charge in [-0.15, -0.1) is 0 Å². The predicted octanol–water partition coefficient (Wildman–Crippen LogP) is 1.87. The molecule has 0 fully saturated rings. The van der Waals surface area contributed by atoms with Gasteiger partial charge in [0.1, 0.15) is 4.90 Å². The summed E-state index contributed by atoms with van der Waals surface area (Å²) in [6, 6.07) is 7.67. The Hall–Kier alpha value is -1.92. The quantitative estimate of drug-likeness (QED) is 0.490. The fourth-order valence-electron chi connectivity index (χ4n) is 1.95. The van der Waals surface area contributed by atoms with Crippen LogP contribution < -0.4 is 5.73 Å². The summed E-state index contributed by atoms with van der Waals surface area (Å²) >= 11 is 0. The first-order chi connectivity index (χ1) is 8.32. The molecule has 0 heterocycles. The Morgan fingerprint density at radius 3 is 2.28 bits per heavy atom. The molecule has 2 aromatic rings. The molecule has 0 amide bonds. The summed E-state index contributed by atoms with van der Waals surface area (Å²) in [6.45, 7) is 1.37. The normalized spacial score (nSPS) is 11.7. The van der Waals surface area contributed by atoms with Crippen molar-refractivity contribution in [3.63, 3.8) is 0 Å². The maximum absolute atomic E-state index is 11.5. The number of Topliss-reactive ketones (excluding diaryl/α,β-unsaturated/α-hetero) is 1. The summed E-state index contributed by atoms with van der Waals surface area (Å²) in [7, 11) is -4.44. The third-order valence-electron chi connectivity index (χ3n) is 2.66. The van der Waals surface area contributed by atoms with Crippen molar-refractivity contribution in [1.29, 1.82) is 0 Å². The van der Waals surface area contributed by atoms with Crippen molar-refractivity contribution in [2.24, 2.45) is 0 Å². The van der Waals surface area contributed by atoms with Crippen LogP contribution >= 0.6 is 0 Å². The average Bonchev–Trinajstić information content (AvgIpc) is 2.25. The topological polar surface area (TPSA) is 97.5 Å². The molecular formula is C12H11NO4S. The number of carbonyl (C=O) groups excluding carboxylic acids is 1.